The first kappa shape index (κ1) is 14.2. The van der Waals surface area contributed by atoms with Gasteiger partial charge in [-0.05, 0) is 42.5 Å². The van der Waals surface area contributed by atoms with Gasteiger partial charge in [-0.1, -0.05) is 15.5 Å². The molecule has 0 N–H and O–H groups in total. The highest BCUT2D eigenvalue weighted by atomic mass is 35.5. The Balaban J connectivity index is 1.95. The molecule has 4 nitrogen and oxygen atoms in total. The maximum absolute atomic E-state index is 12.4. The van der Waals surface area contributed by atoms with Gasteiger partial charge >= 0.3 is 10.5 Å². The molecule has 0 aliphatic heterocycles. The van der Waals surface area contributed by atoms with Gasteiger partial charge in [0.2, 0.25) is 0 Å². The van der Waals surface area contributed by atoms with E-state index in [9.17, 15) is 12.3 Å². The van der Waals surface area contributed by atoms with Crippen molar-refractivity contribution in [3.8, 4) is 16.3 Å². The van der Waals surface area contributed by atoms with Gasteiger partial charge in [-0.3, -0.25) is 0 Å². The highest BCUT2D eigenvalue weighted by molar-refractivity contribution is 7.81. The molecule has 0 aliphatic rings. The van der Waals surface area contributed by atoms with Gasteiger partial charge in [-0.15, -0.1) is 11.3 Å². The minimum Gasteiger partial charge on any atom is -0.358 e. The predicted molar refractivity (Wildman–Crippen MR) is 80.7 cm³/mol. The number of hydrogen-bond donors (Lipinski definition) is 0. The Kier molecular flexibility index (Phi) is 3.56. The summed E-state index contributed by atoms with van der Waals surface area (Å²) in [5, 5.41) is 1.36. The number of fused-ring (bicyclic) bond motifs is 1. The van der Waals surface area contributed by atoms with E-state index < -0.39 is 10.5 Å². The zero-order valence-electron chi connectivity index (χ0n) is 10.3. The Hall–Kier alpha value is -1.70. The van der Waals surface area contributed by atoms with Crippen LogP contribution in [0, 0.1) is 0 Å². The lowest BCUT2D eigenvalue weighted by atomic mass is 10.2. The molecule has 8 heteroatoms. The van der Waals surface area contributed by atoms with Gasteiger partial charge in [0.1, 0.15) is 10.8 Å². The summed E-state index contributed by atoms with van der Waals surface area (Å²) in [7, 11) is -5.01. The molecule has 3 aromatic rings. The molecule has 0 spiro atoms. The Morgan fingerprint density at radius 1 is 1.14 bits per heavy atom. The van der Waals surface area contributed by atoms with Crippen molar-refractivity contribution in [1.29, 1.82) is 0 Å². The van der Waals surface area contributed by atoms with Crippen molar-refractivity contribution >= 4 is 43.7 Å². The third-order valence-electron chi connectivity index (χ3n) is 2.65. The predicted octanol–water partition coefficient (Wildman–Crippen LogP) is 4.21. The van der Waals surface area contributed by atoms with Crippen LogP contribution in [-0.2, 0) is 10.5 Å². The molecule has 0 fully saturated rings. The molecule has 3 rings (SSSR count). The molecule has 0 unspecified atom stereocenters. The van der Waals surface area contributed by atoms with Crippen molar-refractivity contribution in [2.45, 2.75) is 0 Å². The fraction of sp³-hybridized carbons (Fsp3) is 0. The van der Waals surface area contributed by atoms with Crippen molar-refractivity contribution in [3.63, 3.8) is 0 Å². The van der Waals surface area contributed by atoms with Gasteiger partial charge < -0.3 is 4.18 Å². The summed E-state index contributed by atoms with van der Waals surface area (Å²) in [5.74, 6) is -0.0922. The van der Waals surface area contributed by atoms with Crippen molar-refractivity contribution in [1.82, 2.24) is 4.98 Å². The van der Waals surface area contributed by atoms with Crippen LogP contribution in [0.4, 0.5) is 3.89 Å². The lowest BCUT2D eigenvalue weighted by Gasteiger charge is -2.00. The number of benzene rings is 2. The van der Waals surface area contributed by atoms with E-state index in [2.05, 4.69) is 9.17 Å². The van der Waals surface area contributed by atoms with E-state index in [1.54, 1.807) is 24.3 Å². The topological polar surface area (TPSA) is 56.3 Å². The van der Waals surface area contributed by atoms with Crippen LogP contribution in [-0.4, -0.2) is 13.4 Å². The van der Waals surface area contributed by atoms with Crippen LogP contribution >= 0.6 is 22.9 Å². The van der Waals surface area contributed by atoms with Crippen LogP contribution < -0.4 is 4.18 Å². The van der Waals surface area contributed by atoms with Crippen LogP contribution in [0.25, 0.3) is 20.8 Å². The Labute approximate surface area is 129 Å². The van der Waals surface area contributed by atoms with E-state index in [0.717, 1.165) is 20.8 Å². The summed E-state index contributed by atoms with van der Waals surface area (Å²) >= 11 is 7.39. The lowest BCUT2D eigenvalue weighted by Crippen LogP contribution is -2.00. The zero-order valence-corrected chi connectivity index (χ0v) is 12.7. The molecule has 21 heavy (non-hydrogen) atoms. The van der Waals surface area contributed by atoms with E-state index in [4.69, 9.17) is 11.6 Å². The highest BCUT2D eigenvalue weighted by Crippen LogP contribution is 2.32. The number of thiazole rings is 1. The van der Waals surface area contributed by atoms with Gasteiger partial charge in [-0.2, -0.15) is 8.42 Å². The molecule has 0 atom stereocenters. The van der Waals surface area contributed by atoms with Crippen LogP contribution in [0.5, 0.6) is 5.75 Å². The maximum atomic E-state index is 12.4. The lowest BCUT2D eigenvalue weighted by molar-refractivity contribution is 0.440. The first-order chi connectivity index (χ1) is 9.90. The van der Waals surface area contributed by atoms with Crippen molar-refractivity contribution in [3.05, 3.63) is 47.5 Å². The second kappa shape index (κ2) is 5.25. The molecule has 1 aromatic heterocycles. The second-order valence-corrected chi connectivity index (χ2v) is 6.55. The molecule has 0 bridgehead atoms. The summed E-state index contributed by atoms with van der Waals surface area (Å²) in [6.07, 6.45) is 0. The van der Waals surface area contributed by atoms with E-state index in [1.807, 2.05) is 6.07 Å². The SMILES string of the molecule is O=S(=O)(F)Oc1ccc(-c2nc3cc(Cl)ccc3s2)cc1. The minimum absolute atomic E-state index is 0.0922. The average molecular weight is 344 g/mol. The van der Waals surface area contributed by atoms with Gasteiger partial charge in [0, 0.05) is 10.6 Å². The average Bonchev–Trinajstić information content (AvgIpc) is 2.80. The smallest absolute Gasteiger partial charge is 0.358 e. The molecule has 0 aliphatic carbocycles. The van der Waals surface area contributed by atoms with Crippen LogP contribution in [0.3, 0.4) is 0 Å². The molecule has 0 radical (unpaired) electrons. The van der Waals surface area contributed by atoms with E-state index >= 15 is 0 Å². The van der Waals surface area contributed by atoms with Crippen LogP contribution in [0.15, 0.2) is 42.5 Å². The van der Waals surface area contributed by atoms with Crippen molar-refractivity contribution < 1.29 is 16.5 Å². The first-order valence-corrected chi connectivity index (χ1v) is 8.22. The monoisotopic (exact) mass is 343 g/mol. The summed E-state index contributed by atoms with van der Waals surface area (Å²) in [4.78, 5) is 4.45. The fourth-order valence-corrected chi connectivity index (χ4v) is 3.25. The molecule has 2 aromatic carbocycles. The molecular weight excluding hydrogens is 337 g/mol. The number of nitrogens with zero attached hydrogens (tertiary/aromatic N) is 1. The molecule has 1 heterocycles. The Bertz CT molecular complexity index is 907. The standard InChI is InChI=1S/C13H7ClFNO3S2/c14-9-3-6-12-11(7-9)16-13(20-12)8-1-4-10(5-2-8)19-21(15,17)18/h1-7H. The quantitative estimate of drug-likeness (QED) is 0.668. The van der Waals surface area contributed by atoms with Crippen molar-refractivity contribution in [2.75, 3.05) is 0 Å². The van der Waals surface area contributed by atoms with Gasteiger partial charge in [0.05, 0.1) is 10.2 Å². The second-order valence-electron chi connectivity index (χ2n) is 4.13. The number of hydrogen-bond acceptors (Lipinski definition) is 5. The summed E-state index contributed by atoms with van der Waals surface area (Å²) in [6, 6.07) is 11.4. The van der Waals surface area contributed by atoms with Crippen LogP contribution in [0.2, 0.25) is 5.02 Å². The highest BCUT2D eigenvalue weighted by Gasteiger charge is 2.11. The van der Waals surface area contributed by atoms with Crippen molar-refractivity contribution in [2.24, 2.45) is 0 Å². The largest absolute Gasteiger partial charge is 0.488 e. The molecule has 0 amide bonds. The van der Waals surface area contributed by atoms with E-state index in [0.29, 0.717) is 5.02 Å². The third kappa shape index (κ3) is 3.31. The van der Waals surface area contributed by atoms with E-state index in [-0.39, 0.29) is 5.75 Å². The molecule has 0 saturated heterocycles. The Morgan fingerprint density at radius 3 is 2.52 bits per heavy atom. The summed E-state index contributed by atoms with van der Waals surface area (Å²) in [6.45, 7) is 0. The molecule has 108 valence electrons. The minimum atomic E-state index is -5.01. The number of halogens is 2. The summed E-state index contributed by atoms with van der Waals surface area (Å²) < 4.78 is 38.3. The summed E-state index contributed by atoms with van der Waals surface area (Å²) in [5.41, 5.74) is 1.56. The number of rotatable bonds is 3. The Morgan fingerprint density at radius 2 is 1.86 bits per heavy atom. The first-order valence-electron chi connectivity index (χ1n) is 5.71. The normalized spacial score (nSPS) is 11.7. The van der Waals surface area contributed by atoms with Crippen LogP contribution in [0.1, 0.15) is 0 Å². The molecular formula is C13H7ClFNO3S2. The maximum Gasteiger partial charge on any atom is 0.488 e. The fourth-order valence-electron chi connectivity index (χ4n) is 1.79. The van der Waals surface area contributed by atoms with Gasteiger partial charge in [0.15, 0.2) is 0 Å². The third-order valence-corrected chi connectivity index (χ3v) is 4.36. The number of aromatic nitrogens is 1. The zero-order chi connectivity index (χ0) is 15.0. The van der Waals surface area contributed by atoms with Gasteiger partial charge in [0.25, 0.3) is 0 Å². The van der Waals surface area contributed by atoms with E-state index in [1.165, 1.54) is 23.5 Å². The van der Waals surface area contributed by atoms with Gasteiger partial charge in [-0.25, -0.2) is 4.98 Å². The molecule has 0 saturated carbocycles.